The van der Waals surface area contributed by atoms with Crippen molar-refractivity contribution in [1.29, 1.82) is 0 Å². The van der Waals surface area contributed by atoms with Gasteiger partial charge in [-0.15, -0.1) is 36.2 Å². The lowest BCUT2D eigenvalue weighted by Gasteiger charge is -2.23. The Hall–Kier alpha value is -1.28. The van der Waals surface area contributed by atoms with Crippen LogP contribution in [-0.4, -0.2) is 40.0 Å². The predicted octanol–water partition coefficient (Wildman–Crippen LogP) is 1.93. The highest BCUT2D eigenvalue weighted by atomic mass is 35.5. The SMILES string of the molecule is Cl.Cl.O=C(NC1CCNCC1)c1cnc(-c2ncccn2)s1. The second-order valence-electron chi connectivity index (χ2n) is 4.60. The van der Waals surface area contributed by atoms with E-state index in [1.807, 2.05) is 0 Å². The van der Waals surface area contributed by atoms with Gasteiger partial charge in [0, 0.05) is 18.4 Å². The number of nitrogens with one attached hydrogen (secondary N) is 2. The first kappa shape index (κ1) is 18.8. The van der Waals surface area contributed by atoms with E-state index in [0.29, 0.717) is 15.7 Å². The van der Waals surface area contributed by atoms with E-state index in [-0.39, 0.29) is 36.8 Å². The van der Waals surface area contributed by atoms with Gasteiger partial charge in [-0.3, -0.25) is 4.79 Å². The number of thiazole rings is 1. The van der Waals surface area contributed by atoms with Gasteiger partial charge in [0.15, 0.2) is 10.8 Å². The molecular formula is C13H17Cl2N5OS. The van der Waals surface area contributed by atoms with Crippen molar-refractivity contribution in [2.45, 2.75) is 18.9 Å². The Morgan fingerprint density at radius 3 is 2.55 bits per heavy atom. The summed E-state index contributed by atoms with van der Waals surface area (Å²) in [5.41, 5.74) is 0. The monoisotopic (exact) mass is 361 g/mol. The number of hydrogen-bond acceptors (Lipinski definition) is 6. The Labute approximate surface area is 145 Å². The van der Waals surface area contributed by atoms with Gasteiger partial charge in [0.1, 0.15) is 4.88 Å². The molecule has 1 amide bonds. The fourth-order valence-electron chi connectivity index (χ4n) is 2.11. The van der Waals surface area contributed by atoms with Crippen molar-refractivity contribution in [2.24, 2.45) is 0 Å². The van der Waals surface area contributed by atoms with Crippen LogP contribution in [0.25, 0.3) is 10.8 Å². The van der Waals surface area contributed by atoms with Gasteiger partial charge in [0.25, 0.3) is 5.91 Å². The Morgan fingerprint density at radius 1 is 1.18 bits per heavy atom. The summed E-state index contributed by atoms with van der Waals surface area (Å²) in [5, 5.41) is 6.99. The number of rotatable bonds is 3. The Kier molecular flexibility index (Phi) is 7.67. The molecule has 0 bridgehead atoms. The number of amides is 1. The lowest BCUT2D eigenvalue weighted by molar-refractivity contribution is 0.0933. The third kappa shape index (κ3) is 4.61. The number of nitrogens with zero attached hydrogens (tertiary/aromatic N) is 3. The standard InChI is InChI=1S/C13H15N5OS.2ClH/c19-12(18-9-2-6-14-7-3-9)10-8-17-13(20-10)11-15-4-1-5-16-11;;/h1,4-5,8-9,14H,2-3,6-7H2,(H,18,19);2*1H. The molecule has 6 nitrogen and oxygen atoms in total. The molecule has 2 aromatic heterocycles. The first-order valence-corrected chi connectivity index (χ1v) is 7.39. The lowest BCUT2D eigenvalue weighted by Crippen LogP contribution is -2.42. The van der Waals surface area contributed by atoms with E-state index in [1.54, 1.807) is 24.7 Å². The van der Waals surface area contributed by atoms with Crippen LogP contribution < -0.4 is 10.6 Å². The van der Waals surface area contributed by atoms with Crippen LogP contribution >= 0.6 is 36.2 Å². The molecule has 2 aromatic rings. The van der Waals surface area contributed by atoms with E-state index in [0.717, 1.165) is 25.9 Å². The van der Waals surface area contributed by atoms with Gasteiger partial charge in [-0.1, -0.05) is 0 Å². The van der Waals surface area contributed by atoms with Crippen LogP contribution in [0.2, 0.25) is 0 Å². The number of aromatic nitrogens is 3. The summed E-state index contributed by atoms with van der Waals surface area (Å²) in [5.74, 6) is 0.495. The van der Waals surface area contributed by atoms with Crippen LogP contribution in [0.4, 0.5) is 0 Å². The molecule has 0 spiro atoms. The summed E-state index contributed by atoms with van der Waals surface area (Å²) in [6.07, 6.45) is 6.86. The Bertz CT molecular complexity index is 589. The van der Waals surface area contributed by atoms with Gasteiger partial charge in [0.05, 0.1) is 6.20 Å². The molecule has 3 rings (SSSR count). The molecule has 0 aromatic carbocycles. The molecule has 1 aliphatic heterocycles. The minimum atomic E-state index is -0.0587. The minimum Gasteiger partial charge on any atom is -0.348 e. The third-order valence-corrected chi connectivity index (χ3v) is 4.15. The molecule has 120 valence electrons. The molecule has 1 fully saturated rings. The lowest BCUT2D eigenvalue weighted by atomic mass is 10.1. The smallest absolute Gasteiger partial charge is 0.263 e. The van der Waals surface area contributed by atoms with Crippen molar-refractivity contribution in [2.75, 3.05) is 13.1 Å². The predicted molar refractivity (Wildman–Crippen MR) is 91.0 cm³/mol. The molecule has 0 radical (unpaired) electrons. The van der Waals surface area contributed by atoms with Crippen LogP contribution in [0.3, 0.4) is 0 Å². The second kappa shape index (κ2) is 8.99. The van der Waals surface area contributed by atoms with Gasteiger partial charge >= 0.3 is 0 Å². The van der Waals surface area contributed by atoms with E-state index in [2.05, 4.69) is 25.6 Å². The van der Waals surface area contributed by atoms with Gasteiger partial charge in [-0.25, -0.2) is 15.0 Å². The summed E-state index contributed by atoms with van der Waals surface area (Å²) in [7, 11) is 0. The van der Waals surface area contributed by atoms with Crippen molar-refractivity contribution < 1.29 is 4.79 Å². The highest BCUT2D eigenvalue weighted by Crippen LogP contribution is 2.21. The summed E-state index contributed by atoms with van der Waals surface area (Å²) >= 11 is 1.32. The summed E-state index contributed by atoms with van der Waals surface area (Å²) < 4.78 is 0. The molecule has 0 atom stereocenters. The van der Waals surface area contributed by atoms with Crippen molar-refractivity contribution >= 4 is 42.1 Å². The summed E-state index contributed by atoms with van der Waals surface area (Å²) in [6.45, 7) is 1.91. The molecule has 9 heteroatoms. The zero-order chi connectivity index (χ0) is 13.8. The number of carbonyl (C=O) groups excluding carboxylic acids is 1. The number of hydrogen-bond donors (Lipinski definition) is 2. The van der Waals surface area contributed by atoms with Crippen LogP contribution in [0.1, 0.15) is 22.5 Å². The molecule has 2 N–H and O–H groups in total. The average molecular weight is 362 g/mol. The first-order valence-electron chi connectivity index (χ1n) is 6.58. The molecule has 1 saturated heterocycles. The maximum atomic E-state index is 12.2. The third-order valence-electron chi connectivity index (χ3n) is 3.16. The molecule has 1 aliphatic rings. The molecule has 0 aliphatic carbocycles. The van der Waals surface area contributed by atoms with Gasteiger partial charge < -0.3 is 10.6 Å². The number of halogens is 2. The Morgan fingerprint density at radius 2 is 1.86 bits per heavy atom. The van der Waals surface area contributed by atoms with Gasteiger partial charge in [0.2, 0.25) is 0 Å². The summed E-state index contributed by atoms with van der Waals surface area (Å²) in [4.78, 5) is 25.2. The van der Waals surface area contributed by atoms with Crippen LogP contribution in [0.5, 0.6) is 0 Å². The number of carbonyl (C=O) groups is 1. The number of piperidine rings is 1. The van der Waals surface area contributed by atoms with Crippen molar-refractivity contribution in [1.82, 2.24) is 25.6 Å². The van der Waals surface area contributed by atoms with Gasteiger partial charge in [-0.2, -0.15) is 0 Å². The van der Waals surface area contributed by atoms with E-state index in [4.69, 9.17) is 0 Å². The largest absolute Gasteiger partial charge is 0.348 e. The highest BCUT2D eigenvalue weighted by Gasteiger charge is 2.18. The molecule has 22 heavy (non-hydrogen) atoms. The highest BCUT2D eigenvalue weighted by molar-refractivity contribution is 7.16. The van der Waals surface area contributed by atoms with E-state index in [1.165, 1.54) is 11.3 Å². The quantitative estimate of drug-likeness (QED) is 0.872. The molecular weight excluding hydrogens is 345 g/mol. The molecule has 0 unspecified atom stereocenters. The Balaban J connectivity index is 0.00000121. The zero-order valence-corrected chi connectivity index (χ0v) is 14.1. The molecule has 3 heterocycles. The van der Waals surface area contributed by atoms with E-state index in [9.17, 15) is 4.79 Å². The fraction of sp³-hybridized carbons (Fsp3) is 0.385. The normalized spacial score (nSPS) is 14.5. The van der Waals surface area contributed by atoms with Crippen LogP contribution in [0, 0.1) is 0 Å². The zero-order valence-electron chi connectivity index (χ0n) is 11.7. The maximum Gasteiger partial charge on any atom is 0.263 e. The average Bonchev–Trinajstić information content (AvgIpc) is 2.99. The van der Waals surface area contributed by atoms with Gasteiger partial charge in [-0.05, 0) is 32.0 Å². The van der Waals surface area contributed by atoms with E-state index >= 15 is 0 Å². The van der Waals surface area contributed by atoms with Crippen LogP contribution in [-0.2, 0) is 0 Å². The van der Waals surface area contributed by atoms with Crippen molar-refractivity contribution in [3.8, 4) is 10.8 Å². The second-order valence-corrected chi connectivity index (χ2v) is 5.63. The van der Waals surface area contributed by atoms with Crippen molar-refractivity contribution in [3.63, 3.8) is 0 Å². The first-order chi connectivity index (χ1) is 9.83. The van der Waals surface area contributed by atoms with Crippen molar-refractivity contribution in [3.05, 3.63) is 29.5 Å². The molecule has 0 saturated carbocycles. The summed E-state index contributed by atoms with van der Waals surface area (Å²) in [6, 6.07) is 2.00. The van der Waals surface area contributed by atoms with E-state index < -0.39 is 0 Å². The van der Waals surface area contributed by atoms with Crippen LogP contribution in [0.15, 0.2) is 24.7 Å². The fourth-order valence-corrected chi connectivity index (χ4v) is 2.88. The topological polar surface area (TPSA) is 79.8 Å². The maximum absolute atomic E-state index is 12.2. The minimum absolute atomic E-state index is 0.